The number of nitrogens with zero attached hydrogens (tertiary/aromatic N) is 1. The number of thioether (sulfide) groups is 1. The minimum atomic E-state index is -0.636. The Hall–Kier alpha value is -3.19. The van der Waals surface area contributed by atoms with E-state index in [9.17, 15) is 15.0 Å². The summed E-state index contributed by atoms with van der Waals surface area (Å²) in [5, 5.41) is 20.4. The molecule has 2 aromatic carbocycles. The van der Waals surface area contributed by atoms with Gasteiger partial charge in [0.25, 0.3) is 0 Å². The normalized spacial score (nSPS) is 16.6. The smallest absolute Gasteiger partial charge is 0.344 e. The molecule has 0 atom stereocenters. The highest BCUT2D eigenvalue weighted by atomic mass is 32.2. The quantitative estimate of drug-likeness (QED) is 0.717. The number of phenolic OH excluding ortho intramolecular Hbond substituents is 1. The Bertz CT molecular complexity index is 977. The molecule has 1 aliphatic heterocycles. The zero-order valence-corrected chi connectivity index (χ0v) is 16.2. The van der Waals surface area contributed by atoms with Crippen LogP contribution in [0.15, 0.2) is 69.8 Å². The number of aliphatic hydroxyl groups is 1. The minimum Gasteiger partial charge on any atom is -0.508 e. The van der Waals surface area contributed by atoms with Gasteiger partial charge in [-0.15, -0.1) is 0 Å². The number of rotatable bonds is 5. The molecule has 6 nitrogen and oxygen atoms in total. The van der Waals surface area contributed by atoms with Gasteiger partial charge in [0, 0.05) is 6.07 Å². The van der Waals surface area contributed by atoms with E-state index < -0.39 is 5.97 Å². The Morgan fingerprint density at radius 2 is 1.93 bits per heavy atom. The highest BCUT2D eigenvalue weighted by molar-refractivity contribution is 8.18. The lowest BCUT2D eigenvalue weighted by atomic mass is 10.1. The maximum Gasteiger partial charge on any atom is 0.344 e. The van der Waals surface area contributed by atoms with Crippen molar-refractivity contribution >= 4 is 34.5 Å². The van der Waals surface area contributed by atoms with Gasteiger partial charge in [-0.25, -0.2) is 9.79 Å². The number of aromatic hydroxyl groups is 1. The molecule has 0 amide bonds. The summed E-state index contributed by atoms with van der Waals surface area (Å²) in [6, 6.07) is 13.6. The summed E-state index contributed by atoms with van der Waals surface area (Å²) < 4.78 is 10.3. The number of hydrogen-bond acceptors (Lipinski definition) is 7. The van der Waals surface area contributed by atoms with Gasteiger partial charge in [0.15, 0.2) is 0 Å². The predicted molar refractivity (Wildman–Crippen MR) is 110 cm³/mol. The van der Waals surface area contributed by atoms with Crippen molar-refractivity contribution in [3.63, 3.8) is 0 Å². The highest BCUT2D eigenvalue weighted by Crippen LogP contribution is 2.40. The van der Waals surface area contributed by atoms with E-state index >= 15 is 0 Å². The van der Waals surface area contributed by atoms with Crippen LogP contribution in [0.3, 0.4) is 0 Å². The van der Waals surface area contributed by atoms with E-state index in [4.69, 9.17) is 9.47 Å². The van der Waals surface area contributed by atoms with Crippen molar-refractivity contribution in [3.05, 3.63) is 70.3 Å². The molecule has 2 N–H and O–H groups in total. The van der Waals surface area contributed by atoms with E-state index in [0.717, 1.165) is 5.56 Å². The summed E-state index contributed by atoms with van der Waals surface area (Å²) in [6.07, 6.45) is 1.72. The van der Waals surface area contributed by atoms with Gasteiger partial charge in [0.2, 0.25) is 0 Å². The molecule has 2 aromatic rings. The van der Waals surface area contributed by atoms with E-state index in [1.54, 1.807) is 68.6 Å². The van der Waals surface area contributed by atoms with Crippen LogP contribution in [0, 0.1) is 0 Å². The number of esters is 1. The Morgan fingerprint density at radius 3 is 2.61 bits per heavy atom. The van der Waals surface area contributed by atoms with Gasteiger partial charge >= 0.3 is 5.97 Å². The molecule has 0 fully saturated rings. The van der Waals surface area contributed by atoms with Crippen molar-refractivity contribution in [2.24, 2.45) is 4.99 Å². The van der Waals surface area contributed by atoms with Crippen LogP contribution in [-0.4, -0.2) is 34.9 Å². The molecule has 0 aromatic heterocycles. The first-order valence-electron chi connectivity index (χ1n) is 8.54. The van der Waals surface area contributed by atoms with Crippen LogP contribution in [0.4, 0.5) is 5.69 Å². The molecular weight excluding hydrogens is 378 g/mol. The molecule has 28 heavy (non-hydrogen) atoms. The molecule has 1 heterocycles. The molecule has 7 heteroatoms. The summed E-state index contributed by atoms with van der Waals surface area (Å²) in [5.74, 6) is -0.0366. The highest BCUT2D eigenvalue weighted by Gasteiger charge is 2.33. The van der Waals surface area contributed by atoms with Crippen LogP contribution < -0.4 is 4.74 Å². The largest absolute Gasteiger partial charge is 0.508 e. The number of carbonyl (C=O) groups is 1. The van der Waals surface area contributed by atoms with Crippen LogP contribution >= 0.6 is 11.8 Å². The first kappa shape index (κ1) is 19.6. The lowest BCUT2D eigenvalue weighted by molar-refractivity contribution is -0.138. The lowest BCUT2D eigenvalue weighted by Gasteiger charge is -2.04. The molecule has 0 saturated heterocycles. The van der Waals surface area contributed by atoms with E-state index in [0.29, 0.717) is 21.4 Å². The van der Waals surface area contributed by atoms with Crippen LogP contribution in [0.5, 0.6) is 11.5 Å². The fourth-order valence-electron chi connectivity index (χ4n) is 2.51. The van der Waals surface area contributed by atoms with E-state index in [1.807, 2.05) is 0 Å². The van der Waals surface area contributed by atoms with Crippen molar-refractivity contribution in [1.82, 2.24) is 0 Å². The fraction of sp³-hybridized carbons (Fsp3) is 0.143. The Kier molecular flexibility index (Phi) is 6.06. The summed E-state index contributed by atoms with van der Waals surface area (Å²) in [5.41, 5.74) is 1.37. The molecule has 0 radical (unpaired) electrons. The van der Waals surface area contributed by atoms with Gasteiger partial charge in [0.1, 0.15) is 27.9 Å². The number of phenols is 1. The van der Waals surface area contributed by atoms with Gasteiger partial charge in [-0.05, 0) is 42.8 Å². The summed E-state index contributed by atoms with van der Waals surface area (Å²) in [4.78, 5) is 17.4. The average Bonchev–Trinajstić information content (AvgIpc) is 2.99. The number of hydrogen-bond donors (Lipinski definition) is 2. The second-order valence-corrected chi connectivity index (χ2v) is 6.80. The zero-order chi connectivity index (χ0) is 20.1. The monoisotopic (exact) mass is 397 g/mol. The standard InChI is InChI=1S/C21H19NO5S/c1-3-27-21(25)18-19(24)17(11-13-7-9-15(23)10-8-13)28-20(18)22-14-5-4-6-16(12-14)26-2/h4-12,23-24H,3H2,1-2H3/b17-11+,22-20?. The number of methoxy groups -OCH3 is 1. The van der Waals surface area contributed by atoms with Crippen molar-refractivity contribution in [2.75, 3.05) is 13.7 Å². The first-order valence-corrected chi connectivity index (χ1v) is 9.36. The van der Waals surface area contributed by atoms with Gasteiger partial charge < -0.3 is 19.7 Å². The van der Waals surface area contributed by atoms with E-state index in [1.165, 1.54) is 11.8 Å². The third-order valence-electron chi connectivity index (χ3n) is 3.85. The van der Waals surface area contributed by atoms with Gasteiger partial charge in [-0.3, -0.25) is 0 Å². The Labute approximate surface area is 166 Å². The summed E-state index contributed by atoms with van der Waals surface area (Å²) in [6.45, 7) is 1.88. The fourth-order valence-corrected chi connectivity index (χ4v) is 3.55. The Morgan fingerprint density at radius 1 is 1.18 bits per heavy atom. The van der Waals surface area contributed by atoms with Crippen LogP contribution in [0.1, 0.15) is 12.5 Å². The van der Waals surface area contributed by atoms with Crippen molar-refractivity contribution < 1.29 is 24.5 Å². The van der Waals surface area contributed by atoms with E-state index in [2.05, 4.69) is 4.99 Å². The van der Waals surface area contributed by atoms with Crippen LogP contribution in [0.25, 0.3) is 6.08 Å². The molecule has 0 spiro atoms. The second-order valence-electron chi connectivity index (χ2n) is 5.76. The molecule has 144 valence electrons. The zero-order valence-electron chi connectivity index (χ0n) is 15.4. The number of ether oxygens (including phenoxy) is 2. The number of benzene rings is 2. The van der Waals surface area contributed by atoms with Gasteiger partial charge in [-0.2, -0.15) is 0 Å². The third-order valence-corrected chi connectivity index (χ3v) is 4.86. The maximum absolute atomic E-state index is 12.4. The van der Waals surface area contributed by atoms with Crippen molar-refractivity contribution in [2.45, 2.75) is 6.92 Å². The van der Waals surface area contributed by atoms with E-state index in [-0.39, 0.29) is 23.7 Å². The number of aliphatic imine (C=N–C) groups is 1. The van der Waals surface area contributed by atoms with Gasteiger partial charge in [0.05, 0.1) is 24.3 Å². The molecule has 0 saturated carbocycles. The van der Waals surface area contributed by atoms with Crippen molar-refractivity contribution in [1.29, 1.82) is 0 Å². The number of carbonyl (C=O) groups excluding carboxylic acids is 1. The minimum absolute atomic E-state index is 0.0275. The van der Waals surface area contributed by atoms with Crippen molar-refractivity contribution in [3.8, 4) is 11.5 Å². The first-order chi connectivity index (χ1) is 13.5. The SMILES string of the molecule is CCOC(=O)C1=C(O)/C(=C\c2ccc(O)cc2)SC1=Nc1cccc(OC)c1. The van der Waals surface area contributed by atoms with Crippen LogP contribution in [0.2, 0.25) is 0 Å². The average molecular weight is 397 g/mol. The maximum atomic E-state index is 12.4. The topological polar surface area (TPSA) is 88.4 Å². The number of aliphatic hydroxyl groups excluding tert-OH is 1. The summed E-state index contributed by atoms with van der Waals surface area (Å²) >= 11 is 1.17. The van der Waals surface area contributed by atoms with Crippen LogP contribution in [-0.2, 0) is 9.53 Å². The lowest BCUT2D eigenvalue weighted by Crippen LogP contribution is -2.12. The molecule has 1 aliphatic rings. The summed E-state index contributed by atoms with van der Waals surface area (Å²) in [7, 11) is 1.56. The molecule has 0 aliphatic carbocycles. The molecule has 3 rings (SSSR count). The van der Waals surface area contributed by atoms with Gasteiger partial charge in [-0.1, -0.05) is 30.0 Å². The second kappa shape index (κ2) is 8.67. The molecular formula is C21H19NO5S. The third kappa shape index (κ3) is 4.37. The molecule has 0 unspecified atom stereocenters. The Balaban J connectivity index is 2.03. The molecule has 0 bridgehead atoms. The predicted octanol–water partition coefficient (Wildman–Crippen LogP) is 4.59.